The minimum atomic E-state index is -0.554. The summed E-state index contributed by atoms with van der Waals surface area (Å²) in [7, 11) is 0. The highest BCUT2D eigenvalue weighted by Crippen LogP contribution is 2.14. The van der Waals surface area contributed by atoms with Crippen molar-refractivity contribution in [2.45, 2.75) is 6.42 Å². The predicted molar refractivity (Wildman–Crippen MR) is 94.8 cm³/mol. The molecule has 0 unspecified atom stereocenters. The van der Waals surface area contributed by atoms with Crippen molar-refractivity contribution in [3.8, 4) is 0 Å². The van der Waals surface area contributed by atoms with Crippen LogP contribution in [0.2, 0.25) is 0 Å². The van der Waals surface area contributed by atoms with Crippen molar-refractivity contribution in [1.29, 1.82) is 0 Å². The van der Waals surface area contributed by atoms with Gasteiger partial charge in [0.15, 0.2) is 18.1 Å². The molecule has 7 nitrogen and oxygen atoms in total. The number of carbonyl (C=O) groups excluding carboxylic acids is 3. The van der Waals surface area contributed by atoms with Gasteiger partial charge in [-0.1, -0.05) is 48.5 Å². The first-order chi connectivity index (χ1) is 12.6. The molecule has 3 aromatic rings. The van der Waals surface area contributed by atoms with E-state index >= 15 is 0 Å². The number of H-pyrrole nitrogens is 1. The van der Waals surface area contributed by atoms with Crippen LogP contribution in [-0.2, 0) is 9.53 Å². The van der Waals surface area contributed by atoms with E-state index in [-0.39, 0.29) is 37.0 Å². The molecular formula is C19H17N3O4. The number of esters is 1. The van der Waals surface area contributed by atoms with Crippen LogP contribution in [0.25, 0.3) is 10.9 Å². The first-order valence-electron chi connectivity index (χ1n) is 8.10. The fourth-order valence-electron chi connectivity index (χ4n) is 2.42. The molecule has 132 valence electrons. The fraction of sp³-hybridized carbons (Fsp3) is 0.158. The molecule has 1 amide bonds. The van der Waals surface area contributed by atoms with Gasteiger partial charge in [0.1, 0.15) is 0 Å². The molecule has 0 saturated carbocycles. The molecule has 2 N–H and O–H groups in total. The standard InChI is InChI=1S/C19H17N3O4/c23-16(13-6-2-1-3-7-13)12-26-17(24)10-11-20-19(25)18-14-8-4-5-9-15(14)21-22-18/h1-9H,10-12H2,(H,20,25)(H,21,22). The van der Waals surface area contributed by atoms with E-state index in [9.17, 15) is 14.4 Å². The lowest BCUT2D eigenvalue weighted by Crippen LogP contribution is -2.27. The van der Waals surface area contributed by atoms with Gasteiger partial charge in [-0.25, -0.2) is 0 Å². The summed E-state index contributed by atoms with van der Waals surface area (Å²) < 4.78 is 4.94. The highest BCUT2D eigenvalue weighted by molar-refractivity contribution is 6.04. The number of benzene rings is 2. The lowest BCUT2D eigenvalue weighted by atomic mass is 10.1. The van der Waals surface area contributed by atoms with Crippen LogP contribution in [0, 0.1) is 0 Å². The van der Waals surface area contributed by atoms with Gasteiger partial charge in [-0.3, -0.25) is 19.5 Å². The summed E-state index contributed by atoms with van der Waals surface area (Å²) in [5, 5.41) is 10.1. The summed E-state index contributed by atoms with van der Waals surface area (Å²) in [6, 6.07) is 15.9. The zero-order valence-electron chi connectivity index (χ0n) is 13.9. The second-order valence-corrected chi connectivity index (χ2v) is 5.57. The van der Waals surface area contributed by atoms with Crippen LogP contribution in [0.1, 0.15) is 27.3 Å². The van der Waals surface area contributed by atoms with Crippen molar-refractivity contribution in [2.24, 2.45) is 0 Å². The van der Waals surface area contributed by atoms with Crippen molar-refractivity contribution in [3.05, 3.63) is 65.9 Å². The monoisotopic (exact) mass is 351 g/mol. The Hall–Kier alpha value is -3.48. The normalized spacial score (nSPS) is 10.5. The van der Waals surface area contributed by atoms with E-state index in [1.54, 1.807) is 36.4 Å². The number of nitrogens with one attached hydrogen (secondary N) is 2. The van der Waals surface area contributed by atoms with Gasteiger partial charge in [0.25, 0.3) is 5.91 Å². The maximum atomic E-state index is 12.2. The minimum absolute atomic E-state index is 0.0316. The number of nitrogens with zero attached hydrogens (tertiary/aromatic N) is 1. The highest BCUT2D eigenvalue weighted by atomic mass is 16.5. The van der Waals surface area contributed by atoms with E-state index < -0.39 is 5.97 Å². The van der Waals surface area contributed by atoms with E-state index in [1.165, 1.54) is 0 Å². The number of ketones is 1. The Morgan fingerprint density at radius 3 is 2.54 bits per heavy atom. The molecule has 0 bridgehead atoms. The molecule has 0 aliphatic heterocycles. The lowest BCUT2D eigenvalue weighted by Gasteiger charge is -2.05. The number of carbonyl (C=O) groups is 3. The summed E-state index contributed by atoms with van der Waals surface area (Å²) in [6.45, 7) is -0.223. The number of para-hydroxylation sites is 1. The molecule has 0 saturated heterocycles. The third-order valence-electron chi connectivity index (χ3n) is 3.76. The summed E-state index contributed by atoms with van der Waals surface area (Å²) in [6.07, 6.45) is -0.0316. The van der Waals surface area contributed by atoms with Gasteiger partial charge >= 0.3 is 5.97 Å². The van der Waals surface area contributed by atoms with Gasteiger partial charge in [-0.05, 0) is 6.07 Å². The first kappa shape index (κ1) is 17.3. The Labute approximate surface area is 149 Å². The number of aromatic nitrogens is 2. The van der Waals surface area contributed by atoms with Crippen LogP contribution >= 0.6 is 0 Å². The van der Waals surface area contributed by atoms with Crippen molar-refractivity contribution < 1.29 is 19.1 Å². The number of hydrogen-bond donors (Lipinski definition) is 2. The second kappa shape index (κ2) is 8.06. The second-order valence-electron chi connectivity index (χ2n) is 5.57. The Morgan fingerprint density at radius 2 is 1.73 bits per heavy atom. The summed E-state index contributed by atoms with van der Waals surface area (Å²) in [5.74, 6) is -1.21. The van der Waals surface area contributed by atoms with Gasteiger partial charge in [0.2, 0.25) is 0 Å². The Balaban J connectivity index is 1.43. The van der Waals surface area contributed by atoms with E-state index in [0.29, 0.717) is 10.9 Å². The molecule has 1 aromatic heterocycles. The number of ether oxygens (including phenoxy) is 1. The summed E-state index contributed by atoms with van der Waals surface area (Å²) in [4.78, 5) is 35.7. The number of aromatic amines is 1. The average Bonchev–Trinajstić information content (AvgIpc) is 3.11. The fourth-order valence-corrected chi connectivity index (χ4v) is 2.42. The molecule has 0 spiro atoms. The molecule has 0 aliphatic carbocycles. The van der Waals surface area contributed by atoms with Crippen molar-refractivity contribution >= 4 is 28.6 Å². The van der Waals surface area contributed by atoms with Crippen LogP contribution in [0.15, 0.2) is 54.6 Å². The smallest absolute Gasteiger partial charge is 0.308 e. The minimum Gasteiger partial charge on any atom is -0.457 e. The molecule has 26 heavy (non-hydrogen) atoms. The van der Waals surface area contributed by atoms with Gasteiger partial charge in [0.05, 0.1) is 11.9 Å². The topological polar surface area (TPSA) is 101 Å². The van der Waals surface area contributed by atoms with Crippen molar-refractivity contribution in [2.75, 3.05) is 13.2 Å². The van der Waals surface area contributed by atoms with E-state index in [0.717, 1.165) is 5.52 Å². The number of rotatable bonds is 7. The van der Waals surface area contributed by atoms with E-state index in [4.69, 9.17) is 4.74 Å². The molecular weight excluding hydrogens is 334 g/mol. The van der Waals surface area contributed by atoms with Crippen LogP contribution < -0.4 is 5.32 Å². The number of amides is 1. The molecule has 0 fully saturated rings. The highest BCUT2D eigenvalue weighted by Gasteiger charge is 2.14. The molecule has 1 heterocycles. The quantitative estimate of drug-likeness (QED) is 0.501. The van der Waals surface area contributed by atoms with Gasteiger partial charge in [0, 0.05) is 17.5 Å². The first-order valence-corrected chi connectivity index (χ1v) is 8.10. The van der Waals surface area contributed by atoms with Crippen LogP contribution in [-0.4, -0.2) is 41.0 Å². The molecule has 0 atom stereocenters. The SMILES string of the molecule is O=C(CCNC(=O)c1n[nH]c2ccccc12)OCC(=O)c1ccccc1. The third-order valence-corrected chi connectivity index (χ3v) is 3.76. The van der Waals surface area contributed by atoms with Crippen LogP contribution in [0.3, 0.4) is 0 Å². The number of fused-ring (bicyclic) bond motifs is 1. The van der Waals surface area contributed by atoms with Crippen LogP contribution in [0.5, 0.6) is 0 Å². The lowest BCUT2D eigenvalue weighted by molar-refractivity contribution is -0.142. The Morgan fingerprint density at radius 1 is 1.00 bits per heavy atom. The molecule has 2 aromatic carbocycles. The Kier molecular flexibility index (Phi) is 5.38. The number of Topliss-reactive ketones (excluding diaryl/α,β-unsaturated/α-hetero) is 1. The molecule has 0 aliphatic rings. The van der Waals surface area contributed by atoms with Crippen molar-refractivity contribution in [1.82, 2.24) is 15.5 Å². The maximum absolute atomic E-state index is 12.2. The molecule has 3 rings (SSSR count). The van der Waals surface area contributed by atoms with Gasteiger partial charge in [-0.2, -0.15) is 5.10 Å². The molecule has 0 radical (unpaired) electrons. The average molecular weight is 351 g/mol. The van der Waals surface area contributed by atoms with Gasteiger partial charge < -0.3 is 10.1 Å². The zero-order valence-corrected chi connectivity index (χ0v) is 13.9. The van der Waals surface area contributed by atoms with E-state index in [1.807, 2.05) is 18.2 Å². The Bertz CT molecular complexity index is 934. The number of hydrogen-bond acceptors (Lipinski definition) is 5. The molecule has 7 heteroatoms. The third kappa shape index (κ3) is 4.13. The zero-order chi connectivity index (χ0) is 18.4. The van der Waals surface area contributed by atoms with E-state index in [2.05, 4.69) is 15.5 Å². The van der Waals surface area contributed by atoms with Crippen LogP contribution in [0.4, 0.5) is 0 Å². The predicted octanol–water partition coefficient (Wildman–Crippen LogP) is 2.11. The van der Waals surface area contributed by atoms with Crippen molar-refractivity contribution in [3.63, 3.8) is 0 Å². The largest absolute Gasteiger partial charge is 0.457 e. The van der Waals surface area contributed by atoms with Gasteiger partial charge in [-0.15, -0.1) is 0 Å². The maximum Gasteiger partial charge on any atom is 0.308 e. The summed E-state index contributed by atoms with van der Waals surface area (Å²) >= 11 is 0. The summed E-state index contributed by atoms with van der Waals surface area (Å²) in [5.41, 5.74) is 1.52.